The Hall–Kier alpha value is -3.15. The summed E-state index contributed by atoms with van der Waals surface area (Å²) in [5.41, 5.74) is 9.37. The van der Waals surface area contributed by atoms with Crippen molar-refractivity contribution >= 4 is 17.4 Å². The molecule has 0 aliphatic heterocycles. The van der Waals surface area contributed by atoms with E-state index in [1.807, 2.05) is 38.1 Å². The molecule has 0 aliphatic rings. The van der Waals surface area contributed by atoms with Crippen molar-refractivity contribution in [3.63, 3.8) is 0 Å². The molecule has 1 amide bonds. The smallest absolute Gasteiger partial charge is 0.261 e. The van der Waals surface area contributed by atoms with Gasteiger partial charge in [0, 0.05) is 11.9 Å². The van der Waals surface area contributed by atoms with Crippen LogP contribution in [0.5, 0.6) is 0 Å². The first-order valence-electron chi connectivity index (χ1n) is 7.20. The predicted octanol–water partition coefficient (Wildman–Crippen LogP) is 2.72. The highest BCUT2D eigenvalue weighted by molar-refractivity contribution is 6.07. The Kier molecular flexibility index (Phi) is 3.80. The van der Waals surface area contributed by atoms with E-state index in [9.17, 15) is 4.79 Å². The molecule has 0 atom stereocenters. The summed E-state index contributed by atoms with van der Waals surface area (Å²) >= 11 is 0. The number of hydrogen-bond acceptors (Lipinski definition) is 4. The molecular formula is C17H17N5O. The molecule has 3 N–H and O–H groups in total. The Bertz CT molecular complexity index is 855. The number of aromatic nitrogens is 3. The fraction of sp³-hybridized carbons (Fsp3) is 0.118. The van der Waals surface area contributed by atoms with Crippen LogP contribution in [-0.4, -0.2) is 20.7 Å². The molecule has 0 aliphatic carbocycles. The number of amides is 1. The summed E-state index contributed by atoms with van der Waals surface area (Å²) in [4.78, 5) is 16.6. The monoisotopic (exact) mass is 307 g/mol. The van der Waals surface area contributed by atoms with Crippen LogP contribution < -0.4 is 11.1 Å². The quantitative estimate of drug-likeness (QED) is 0.779. The van der Waals surface area contributed by atoms with Crippen LogP contribution in [-0.2, 0) is 0 Å². The molecule has 3 rings (SSSR count). The van der Waals surface area contributed by atoms with Crippen LogP contribution in [0.2, 0.25) is 0 Å². The van der Waals surface area contributed by atoms with Gasteiger partial charge >= 0.3 is 0 Å². The van der Waals surface area contributed by atoms with Crippen LogP contribution in [0, 0.1) is 13.8 Å². The molecule has 116 valence electrons. The van der Waals surface area contributed by atoms with E-state index < -0.39 is 0 Å². The van der Waals surface area contributed by atoms with E-state index in [1.54, 1.807) is 18.3 Å². The molecule has 0 radical (unpaired) electrons. The summed E-state index contributed by atoms with van der Waals surface area (Å²) in [6.07, 6.45) is 3.09. The molecule has 0 saturated heterocycles. The van der Waals surface area contributed by atoms with Gasteiger partial charge in [-0.25, -0.2) is 4.98 Å². The maximum absolute atomic E-state index is 12.4. The molecule has 1 aromatic carbocycles. The van der Waals surface area contributed by atoms with Gasteiger partial charge in [-0.3, -0.25) is 4.79 Å². The van der Waals surface area contributed by atoms with Crippen LogP contribution in [0.3, 0.4) is 0 Å². The maximum atomic E-state index is 12.4. The SMILES string of the molecule is Cc1ccc(NC(=O)c2cnn(-c3ccccn3)c2N)cc1C. The number of benzene rings is 1. The van der Waals surface area contributed by atoms with Gasteiger partial charge in [0.25, 0.3) is 5.91 Å². The summed E-state index contributed by atoms with van der Waals surface area (Å²) in [5.74, 6) is 0.521. The van der Waals surface area contributed by atoms with Crippen molar-refractivity contribution in [2.75, 3.05) is 11.1 Å². The second-order valence-electron chi connectivity index (χ2n) is 5.30. The molecule has 0 fully saturated rings. The van der Waals surface area contributed by atoms with Gasteiger partial charge in [-0.05, 0) is 49.2 Å². The minimum Gasteiger partial charge on any atom is -0.383 e. The van der Waals surface area contributed by atoms with Crippen molar-refractivity contribution < 1.29 is 4.79 Å². The summed E-state index contributed by atoms with van der Waals surface area (Å²) in [6.45, 7) is 4.02. The van der Waals surface area contributed by atoms with E-state index in [2.05, 4.69) is 15.4 Å². The summed E-state index contributed by atoms with van der Waals surface area (Å²) in [7, 11) is 0. The third-order valence-electron chi connectivity index (χ3n) is 3.68. The molecule has 2 heterocycles. The Morgan fingerprint density at radius 2 is 2.00 bits per heavy atom. The highest BCUT2D eigenvalue weighted by Crippen LogP contribution is 2.19. The molecule has 23 heavy (non-hydrogen) atoms. The highest BCUT2D eigenvalue weighted by Gasteiger charge is 2.16. The highest BCUT2D eigenvalue weighted by atomic mass is 16.1. The van der Waals surface area contributed by atoms with Crippen LogP contribution >= 0.6 is 0 Å². The first-order chi connectivity index (χ1) is 11.1. The van der Waals surface area contributed by atoms with E-state index >= 15 is 0 Å². The first-order valence-corrected chi connectivity index (χ1v) is 7.20. The van der Waals surface area contributed by atoms with Crippen LogP contribution in [0.25, 0.3) is 5.82 Å². The van der Waals surface area contributed by atoms with Gasteiger partial charge in [-0.15, -0.1) is 0 Å². The lowest BCUT2D eigenvalue weighted by atomic mass is 10.1. The standard InChI is InChI=1S/C17H17N5O/c1-11-6-7-13(9-12(11)2)21-17(23)14-10-20-22(16(14)18)15-5-3-4-8-19-15/h3-10H,18H2,1-2H3,(H,21,23). The van der Waals surface area contributed by atoms with Crippen LogP contribution in [0.15, 0.2) is 48.8 Å². The maximum Gasteiger partial charge on any atom is 0.261 e. The fourth-order valence-electron chi connectivity index (χ4n) is 2.21. The Morgan fingerprint density at radius 3 is 2.70 bits per heavy atom. The number of carbonyl (C=O) groups is 1. The van der Waals surface area contributed by atoms with Gasteiger partial charge in [-0.1, -0.05) is 12.1 Å². The fourth-order valence-corrected chi connectivity index (χ4v) is 2.21. The van der Waals surface area contributed by atoms with Crippen molar-refractivity contribution in [1.82, 2.24) is 14.8 Å². The molecule has 0 saturated carbocycles. The molecule has 0 unspecified atom stereocenters. The van der Waals surface area contributed by atoms with E-state index in [0.29, 0.717) is 11.4 Å². The second kappa shape index (κ2) is 5.92. The number of carbonyl (C=O) groups excluding carboxylic acids is 1. The lowest BCUT2D eigenvalue weighted by Gasteiger charge is -2.08. The van der Waals surface area contributed by atoms with Crippen LogP contribution in [0.1, 0.15) is 21.5 Å². The zero-order valence-electron chi connectivity index (χ0n) is 12.9. The minimum atomic E-state index is -0.298. The lowest BCUT2D eigenvalue weighted by Crippen LogP contribution is -2.14. The van der Waals surface area contributed by atoms with Gasteiger partial charge in [0.05, 0.1) is 6.20 Å². The van der Waals surface area contributed by atoms with Gasteiger partial charge < -0.3 is 11.1 Å². The molecular weight excluding hydrogens is 290 g/mol. The van der Waals surface area contributed by atoms with E-state index in [-0.39, 0.29) is 11.7 Å². The van der Waals surface area contributed by atoms with Crippen molar-refractivity contribution in [3.05, 3.63) is 65.5 Å². The third-order valence-corrected chi connectivity index (χ3v) is 3.68. The Balaban J connectivity index is 1.86. The molecule has 3 aromatic rings. The first kappa shape index (κ1) is 14.8. The van der Waals surface area contributed by atoms with Crippen LogP contribution in [0.4, 0.5) is 11.5 Å². The number of nitrogen functional groups attached to an aromatic ring is 1. The molecule has 6 nitrogen and oxygen atoms in total. The second-order valence-corrected chi connectivity index (χ2v) is 5.30. The van der Waals surface area contributed by atoms with E-state index in [0.717, 1.165) is 11.3 Å². The van der Waals surface area contributed by atoms with Gasteiger partial charge in [0.15, 0.2) is 5.82 Å². The van der Waals surface area contributed by atoms with Gasteiger partial charge in [0.1, 0.15) is 11.4 Å². The van der Waals surface area contributed by atoms with Gasteiger partial charge in [-0.2, -0.15) is 9.78 Å². The zero-order valence-corrected chi connectivity index (χ0v) is 12.9. The number of pyridine rings is 1. The lowest BCUT2D eigenvalue weighted by molar-refractivity contribution is 0.102. The van der Waals surface area contributed by atoms with E-state index in [4.69, 9.17) is 5.73 Å². The van der Waals surface area contributed by atoms with Gasteiger partial charge in [0.2, 0.25) is 0 Å². The zero-order chi connectivity index (χ0) is 16.4. The number of aryl methyl sites for hydroxylation is 2. The normalized spacial score (nSPS) is 10.5. The number of hydrogen-bond donors (Lipinski definition) is 2. The van der Waals surface area contributed by atoms with Crippen molar-refractivity contribution in [2.45, 2.75) is 13.8 Å². The number of nitrogens with one attached hydrogen (secondary N) is 1. The Morgan fingerprint density at radius 1 is 1.17 bits per heavy atom. The third kappa shape index (κ3) is 2.91. The topological polar surface area (TPSA) is 85.8 Å². The summed E-state index contributed by atoms with van der Waals surface area (Å²) in [5, 5.41) is 6.99. The molecule has 2 aromatic heterocycles. The molecule has 0 bridgehead atoms. The van der Waals surface area contributed by atoms with Crippen molar-refractivity contribution in [2.24, 2.45) is 0 Å². The Labute approximate surface area is 134 Å². The minimum absolute atomic E-state index is 0.255. The van der Waals surface area contributed by atoms with Crippen molar-refractivity contribution in [1.29, 1.82) is 0 Å². The summed E-state index contributed by atoms with van der Waals surface area (Å²) in [6, 6.07) is 11.2. The largest absolute Gasteiger partial charge is 0.383 e. The van der Waals surface area contributed by atoms with Crippen molar-refractivity contribution in [3.8, 4) is 5.82 Å². The predicted molar refractivity (Wildman–Crippen MR) is 89.6 cm³/mol. The number of anilines is 2. The number of rotatable bonds is 3. The number of nitrogens with two attached hydrogens (primary N) is 1. The average Bonchev–Trinajstić information content (AvgIpc) is 2.93. The summed E-state index contributed by atoms with van der Waals surface area (Å²) < 4.78 is 1.44. The molecule has 6 heteroatoms. The average molecular weight is 307 g/mol. The number of nitrogens with zero attached hydrogens (tertiary/aromatic N) is 3. The van der Waals surface area contributed by atoms with E-state index in [1.165, 1.54) is 16.4 Å². The molecule has 0 spiro atoms.